The Balaban J connectivity index is 1.58. The molecular weight excluding hydrogens is 298 g/mol. The molecule has 0 saturated carbocycles. The molecule has 0 N–H and O–H groups in total. The van der Waals surface area contributed by atoms with Crippen LogP contribution in [0.25, 0.3) is 0 Å². The van der Waals surface area contributed by atoms with Gasteiger partial charge in [-0.3, -0.25) is 9.80 Å². The predicted molar refractivity (Wildman–Crippen MR) is 95.5 cm³/mol. The third kappa shape index (κ3) is 4.36. The van der Waals surface area contributed by atoms with Gasteiger partial charge in [-0.05, 0) is 18.4 Å². The van der Waals surface area contributed by atoms with Crippen molar-refractivity contribution in [1.29, 1.82) is 5.26 Å². The van der Waals surface area contributed by atoms with Crippen molar-refractivity contribution in [3.8, 4) is 6.07 Å². The highest BCUT2D eigenvalue weighted by molar-refractivity contribution is 5.15. The highest BCUT2D eigenvalue weighted by Crippen LogP contribution is 2.29. The van der Waals surface area contributed by atoms with Gasteiger partial charge in [0.1, 0.15) is 5.54 Å². The number of benzene rings is 1. The minimum Gasteiger partial charge on any atom is -0.381 e. The summed E-state index contributed by atoms with van der Waals surface area (Å²) >= 11 is 0. The van der Waals surface area contributed by atoms with Crippen molar-refractivity contribution in [1.82, 2.24) is 9.80 Å². The second kappa shape index (κ2) is 8.62. The van der Waals surface area contributed by atoms with Crippen LogP contribution in [-0.2, 0) is 11.3 Å². The summed E-state index contributed by atoms with van der Waals surface area (Å²) < 4.78 is 5.71. The van der Waals surface area contributed by atoms with Gasteiger partial charge in [0, 0.05) is 52.4 Å². The monoisotopic (exact) mass is 327 g/mol. The van der Waals surface area contributed by atoms with Gasteiger partial charge >= 0.3 is 0 Å². The van der Waals surface area contributed by atoms with Gasteiger partial charge in [-0.25, -0.2) is 0 Å². The van der Waals surface area contributed by atoms with E-state index in [1.54, 1.807) is 0 Å². The number of hydrogen-bond donors (Lipinski definition) is 0. The number of rotatable bonds is 3. The van der Waals surface area contributed by atoms with Gasteiger partial charge in [0.05, 0.1) is 6.07 Å². The second-order valence-corrected chi connectivity index (χ2v) is 7.07. The van der Waals surface area contributed by atoms with E-state index in [2.05, 4.69) is 46.2 Å². The van der Waals surface area contributed by atoms with Crippen LogP contribution in [0, 0.1) is 11.3 Å². The maximum absolute atomic E-state index is 9.94. The van der Waals surface area contributed by atoms with E-state index in [0.29, 0.717) is 0 Å². The number of ether oxygens (including phenoxy) is 1. The summed E-state index contributed by atoms with van der Waals surface area (Å²) in [4.78, 5) is 4.94. The molecule has 2 heterocycles. The summed E-state index contributed by atoms with van der Waals surface area (Å²) in [5.74, 6) is 0. The lowest BCUT2D eigenvalue weighted by molar-refractivity contribution is 0.0310. The van der Waals surface area contributed by atoms with Crippen molar-refractivity contribution in [2.24, 2.45) is 0 Å². The Bertz CT molecular complexity index is 522. The van der Waals surface area contributed by atoms with Crippen LogP contribution in [0.5, 0.6) is 0 Å². The molecule has 1 unspecified atom stereocenters. The van der Waals surface area contributed by atoms with Gasteiger partial charge in [-0.2, -0.15) is 5.26 Å². The predicted octanol–water partition coefficient (Wildman–Crippen LogP) is 3.05. The molecule has 2 aliphatic heterocycles. The van der Waals surface area contributed by atoms with Crippen molar-refractivity contribution in [3.63, 3.8) is 0 Å². The Labute approximate surface area is 146 Å². The highest BCUT2D eigenvalue weighted by Gasteiger charge is 2.38. The SMILES string of the molecule is N#CC1(N2CCN(Cc3ccccc3)CC2)CCCCCOCC1. The fourth-order valence-electron chi connectivity index (χ4n) is 3.94. The number of hydrogen-bond acceptors (Lipinski definition) is 4. The van der Waals surface area contributed by atoms with Gasteiger partial charge in [0.15, 0.2) is 0 Å². The topological polar surface area (TPSA) is 39.5 Å². The molecule has 0 aliphatic carbocycles. The summed E-state index contributed by atoms with van der Waals surface area (Å²) in [5, 5.41) is 9.94. The molecule has 3 rings (SSSR count). The van der Waals surface area contributed by atoms with E-state index in [1.807, 2.05) is 0 Å². The van der Waals surface area contributed by atoms with Crippen LogP contribution in [0.1, 0.15) is 37.7 Å². The zero-order chi connectivity index (χ0) is 16.7. The van der Waals surface area contributed by atoms with Gasteiger partial charge in [0.2, 0.25) is 0 Å². The Kier molecular flexibility index (Phi) is 6.25. The number of piperazine rings is 1. The van der Waals surface area contributed by atoms with Gasteiger partial charge in [-0.15, -0.1) is 0 Å². The zero-order valence-electron chi connectivity index (χ0n) is 14.6. The summed E-state index contributed by atoms with van der Waals surface area (Å²) in [5.41, 5.74) is 1.06. The van der Waals surface area contributed by atoms with Crippen LogP contribution < -0.4 is 0 Å². The van der Waals surface area contributed by atoms with Crippen molar-refractivity contribution >= 4 is 0 Å². The molecule has 1 aromatic rings. The first-order chi connectivity index (χ1) is 11.8. The number of nitriles is 1. The molecule has 130 valence electrons. The second-order valence-electron chi connectivity index (χ2n) is 7.07. The van der Waals surface area contributed by atoms with Crippen LogP contribution in [0.15, 0.2) is 30.3 Å². The fraction of sp³-hybridized carbons (Fsp3) is 0.650. The normalized spacial score (nSPS) is 27.6. The standard InChI is InChI=1S/C20H29N3O/c21-18-20(9-5-2-6-15-24-16-10-20)23-13-11-22(12-14-23)17-19-7-3-1-4-8-19/h1,3-4,7-8H,2,5-6,9-17H2. The van der Waals surface area contributed by atoms with E-state index in [4.69, 9.17) is 4.74 Å². The molecule has 0 aromatic heterocycles. The van der Waals surface area contributed by atoms with E-state index in [-0.39, 0.29) is 5.54 Å². The Hall–Kier alpha value is -1.41. The van der Waals surface area contributed by atoms with Gasteiger partial charge in [0.25, 0.3) is 0 Å². The van der Waals surface area contributed by atoms with E-state index >= 15 is 0 Å². The first-order valence-corrected chi connectivity index (χ1v) is 9.33. The first-order valence-electron chi connectivity index (χ1n) is 9.33. The summed E-state index contributed by atoms with van der Waals surface area (Å²) in [6.45, 7) is 6.64. The molecule has 0 amide bonds. The molecule has 0 radical (unpaired) electrons. The minimum atomic E-state index is -0.316. The summed E-state index contributed by atoms with van der Waals surface area (Å²) in [6, 6.07) is 13.3. The Morgan fingerprint density at radius 1 is 0.958 bits per heavy atom. The molecule has 2 fully saturated rings. The minimum absolute atomic E-state index is 0.316. The molecule has 0 bridgehead atoms. The maximum atomic E-state index is 9.94. The quantitative estimate of drug-likeness (QED) is 0.855. The van der Waals surface area contributed by atoms with Crippen LogP contribution in [-0.4, -0.2) is 54.7 Å². The van der Waals surface area contributed by atoms with Crippen molar-refractivity contribution < 1.29 is 4.74 Å². The molecule has 0 spiro atoms. The van der Waals surface area contributed by atoms with Crippen LogP contribution in [0.2, 0.25) is 0 Å². The van der Waals surface area contributed by atoms with Crippen LogP contribution >= 0.6 is 0 Å². The molecule has 4 heteroatoms. The van der Waals surface area contributed by atoms with E-state index in [1.165, 1.54) is 12.0 Å². The van der Waals surface area contributed by atoms with Crippen molar-refractivity contribution in [2.75, 3.05) is 39.4 Å². The average molecular weight is 327 g/mol. The lowest BCUT2D eigenvalue weighted by Gasteiger charge is -2.44. The molecule has 4 nitrogen and oxygen atoms in total. The zero-order valence-corrected chi connectivity index (χ0v) is 14.6. The van der Waals surface area contributed by atoms with Crippen molar-refractivity contribution in [2.45, 2.75) is 44.2 Å². The largest absolute Gasteiger partial charge is 0.381 e. The lowest BCUT2D eigenvalue weighted by atomic mass is 9.88. The van der Waals surface area contributed by atoms with Gasteiger partial charge < -0.3 is 4.74 Å². The van der Waals surface area contributed by atoms with Crippen LogP contribution in [0.4, 0.5) is 0 Å². The third-order valence-corrected chi connectivity index (χ3v) is 5.47. The average Bonchev–Trinajstić information content (AvgIpc) is 2.76. The van der Waals surface area contributed by atoms with Gasteiger partial charge in [-0.1, -0.05) is 43.2 Å². The molecule has 2 saturated heterocycles. The molecule has 1 atom stereocenters. The Morgan fingerprint density at radius 3 is 2.50 bits per heavy atom. The lowest BCUT2D eigenvalue weighted by Crippen LogP contribution is -2.56. The smallest absolute Gasteiger partial charge is 0.111 e. The van der Waals surface area contributed by atoms with E-state index in [9.17, 15) is 5.26 Å². The van der Waals surface area contributed by atoms with E-state index < -0.39 is 0 Å². The third-order valence-electron chi connectivity index (χ3n) is 5.47. The van der Waals surface area contributed by atoms with Crippen LogP contribution in [0.3, 0.4) is 0 Å². The molecule has 1 aromatic carbocycles. The molecule has 24 heavy (non-hydrogen) atoms. The molecular formula is C20H29N3O. The fourth-order valence-corrected chi connectivity index (χ4v) is 3.94. The number of nitrogens with zero attached hydrogens (tertiary/aromatic N) is 3. The summed E-state index contributed by atoms with van der Waals surface area (Å²) in [6.07, 6.45) is 5.29. The first kappa shape index (κ1) is 17.4. The maximum Gasteiger partial charge on any atom is 0.111 e. The highest BCUT2D eigenvalue weighted by atomic mass is 16.5. The Morgan fingerprint density at radius 2 is 1.75 bits per heavy atom. The molecule has 2 aliphatic rings. The van der Waals surface area contributed by atoms with Crippen molar-refractivity contribution in [3.05, 3.63) is 35.9 Å². The van der Waals surface area contributed by atoms with E-state index in [0.717, 1.165) is 71.6 Å². The summed E-state index contributed by atoms with van der Waals surface area (Å²) in [7, 11) is 0.